The van der Waals surface area contributed by atoms with Gasteiger partial charge in [0.1, 0.15) is 11.1 Å². The predicted molar refractivity (Wildman–Crippen MR) is 226 cm³/mol. The minimum Gasteiger partial charge on any atom is -0.453 e. The predicted octanol–water partition coefficient (Wildman–Crippen LogP) is 10.3. The normalized spacial score (nSPS) is 33.8. The lowest BCUT2D eigenvalue weighted by molar-refractivity contribution is 0.0923. The number of carbonyl (C=O) groups excluding carboxylic acids is 2. The molecule has 4 fully saturated rings. The Bertz CT molecular complexity index is 2540. The van der Waals surface area contributed by atoms with Gasteiger partial charge in [-0.25, -0.2) is 9.59 Å². The second-order valence-electron chi connectivity index (χ2n) is 19.0. The van der Waals surface area contributed by atoms with Crippen LogP contribution in [0.1, 0.15) is 95.9 Å². The molecular weight excluding hydrogens is 749 g/mol. The molecule has 306 valence electrons. The van der Waals surface area contributed by atoms with Gasteiger partial charge in [0.15, 0.2) is 0 Å². The van der Waals surface area contributed by atoms with Gasteiger partial charge in [-0.3, -0.25) is 0 Å². The zero-order valence-corrected chi connectivity index (χ0v) is 34.6. The van der Waals surface area contributed by atoms with E-state index in [9.17, 15) is 9.59 Å². The van der Waals surface area contributed by atoms with Crippen LogP contribution in [-0.2, 0) is 57.1 Å². The highest BCUT2D eigenvalue weighted by Gasteiger charge is 2.70. The number of hydrogen-bond donors (Lipinski definition) is 0. The number of ether oxygens (including phenoxy) is 2. The largest absolute Gasteiger partial charge is 0.453 e. The first-order chi connectivity index (χ1) is 29.4. The van der Waals surface area contributed by atoms with Gasteiger partial charge in [-0.15, -0.1) is 0 Å². The third kappa shape index (κ3) is 4.55. The molecule has 8 aliphatic rings. The van der Waals surface area contributed by atoms with Gasteiger partial charge in [-0.2, -0.15) is 20.5 Å². The third-order valence-corrected chi connectivity index (χ3v) is 17.2. The molecule has 60 heavy (non-hydrogen) atoms. The van der Waals surface area contributed by atoms with Crippen molar-refractivity contribution in [2.75, 3.05) is 27.3 Å². The molecule has 2 saturated heterocycles. The Morgan fingerprint density at radius 3 is 1.85 bits per heavy atom. The number of amides is 2. The van der Waals surface area contributed by atoms with Crippen molar-refractivity contribution in [3.05, 3.63) is 129 Å². The second kappa shape index (κ2) is 13.1. The summed E-state index contributed by atoms with van der Waals surface area (Å²) in [6, 6.07) is 30.5. The van der Waals surface area contributed by atoms with Crippen molar-refractivity contribution in [2.24, 2.45) is 32.3 Å². The molecule has 0 spiro atoms. The lowest BCUT2D eigenvalue weighted by atomic mass is 9.53. The van der Waals surface area contributed by atoms with E-state index in [4.69, 9.17) is 29.9 Å². The number of likely N-dealkylation sites (tertiary alicyclic amines) is 2. The Labute approximate surface area is 351 Å². The summed E-state index contributed by atoms with van der Waals surface area (Å²) in [5.41, 5.74) is 10.9. The molecule has 4 aromatic carbocycles. The Morgan fingerprint density at radius 1 is 0.550 bits per heavy atom. The summed E-state index contributed by atoms with van der Waals surface area (Å²) in [5.74, 6) is 0.932. The van der Waals surface area contributed by atoms with E-state index in [0.29, 0.717) is 37.8 Å². The number of azo groups is 2. The number of fused-ring (bicyclic) bond motifs is 13. The molecule has 0 aromatic heterocycles. The van der Waals surface area contributed by atoms with Gasteiger partial charge in [-0.1, -0.05) is 85.6 Å². The van der Waals surface area contributed by atoms with Gasteiger partial charge in [0.2, 0.25) is 0 Å². The zero-order valence-electron chi connectivity index (χ0n) is 34.6. The van der Waals surface area contributed by atoms with E-state index in [1.54, 1.807) is 0 Å². The van der Waals surface area contributed by atoms with E-state index in [-0.39, 0.29) is 40.6 Å². The number of rotatable bonds is 5. The third-order valence-electron chi connectivity index (χ3n) is 17.2. The van der Waals surface area contributed by atoms with Crippen molar-refractivity contribution in [1.29, 1.82) is 0 Å². The molecule has 0 bridgehead atoms. The van der Waals surface area contributed by atoms with Crippen LogP contribution in [0.5, 0.6) is 0 Å². The van der Waals surface area contributed by atoms with Gasteiger partial charge < -0.3 is 19.3 Å². The van der Waals surface area contributed by atoms with Gasteiger partial charge in [0.05, 0.1) is 31.6 Å². The van der Waals surface area contributed by atoms with E-state index < -0.39 is 5.54 Å². The van der Waals surface area contributed by atoms with Crippen molar-refractivity contribution in [3.63, 3.8) is 0 Å². The Morgan fingerprint density at radius 2 is 1.12 bits per heavy atom. The molecular formula is C50H52N6O4. The maximum Gasteiger partial charge on any atom is 0.409 e. The number of hydrogen-bond acceptors (Lipinski definition) is 8. The van der Waals surface area contributed by atoms with Crippen LogP contribution in [0.2, 0.25) is 0 Å². The lowest BCUT2D eigenvalue weighted by Crippen LogP contribution is -2.55. The summed E-state index contributed by atoms with van der Waals surface area (Å²) in [7, 11) is 2.96. The fourth-order valence-electron chi connectivity index (χ4n) is 15.0. The molecule has 6 aliphatic carbocycles. The SMILES string of the molecule is COC(=O)N1CC[C@]2(N=Nc3cccc4c3C[C@H]3N(C(=O)OC)CC[C@@]43[C@]34CCC[C@H]3Cc3c(N=N[C@]56CCC[C@H]5Cc5ccccc56)cccc34)c3ccccc3C[C@H]12. The average molecular weight is 801 g/mol. The fourth-order valence-corrected chi connectivity index (χ4v) is 15.0. The van der Waals surface area contributed by atoms with Crippen LogP contribution in [0.3, 0.4) is 0 Å². The van der Waals surface area contributed by atoms with Crippen LogP contribution in [0.25, 0.3) is 0 Å². The summed E-state index contributed by atoms with van der Waals surface area (Å²) >= 11 is 0. The quantitative estimate of drug-likeness (QED) is 0.187. The zero-order chi connectivity index (χ0) is 40.4. The van der Waals surface area contributed by atoms with Crippen molar-refractivity contribution in [3.8, 4) is 0 Å². The van der Waals surface area contributed by atoms with Gasteiger partial charge >= 0.3 is 12.2 Å². The number of benzene rings is 4. The van der Waals surface area contributed by atoms with E-state index in [1.165, 1.54) is 66.0 Å². The lowest BCUT2D eigenvalue weighted by Gasteiger charge is -2.50. The molecule has 0 radical (unpaired) electrons. The molecule has 12 rings (SSSR count). The molecule has 4 aromatic rings. The Balaban J connectivity index is 0.976. The number of nitrogens with zero attached hydrogens (tertiary/aromatic N) is 6. The standard InChI is InChI=1S/C50H52N6O4/c1-59-45(57)55-25-23-48(40-18-8-20-42(36(40)30-43(48)55)52-54-50-24-26-56(46(58)60-2)44(50)28-32-12-4-6-16-38(32)50)47-21-9-13-33(47)29-35-39(47)17-7-19-41(35)51-53-49-22-10-14-34(49)27-31-11-3-5-15-37(31)49/h3-8,11-12,15-20,33-34,43-44H,9-10,13-14,21-30H2,1-2H3/t33-,34-,43+,44-,47+,48+,49+,50-/m0/s1. The first-order valence-corrected chi connectivity index (χ1v) is 22.3. The molecule has 2 saturated carbocycles. The van der Waals surface area contributed by atoms with Crippen LogP contribution >= 0.6 is 0 Å². The monoisotopic (exact) mass is 800 g/mol. The second-order valence-corrected chi connectivity index (χ2v) is 19.0. The molecule has 8 atom stereocenters. The van der Waals surface area contributed by atoms with Crippen LogP contribution in [0.15, 0.2) is 105 Å². The smallest absolute Gasteiger partial charge is 0.409 e. The minimum absolute atomic E-state index is 0.0827. The van der Waals surface area contributed by atoms with E-state index in [1.807, 2.05) is 9.80 Å². The van der Waals surface area contributed by atoms with E-state index in [2.05, 4.69) is 84.9 Å². The average Bonchev–Trinajstić information content (AvgIpc) is 4.14. The number of methoxy groups -OCH3 is 2. The van der Waals surface area contributed by atoms with Crippen molar-refractivity contribution >= 4 is 23.6 Å². The Kier molecular flexibility index (Phi) is 7.94. The molecule has 2 heterocycles. The molecule has 10 heteroatoms. The fraction of sp³-hybridized carbons (Fsp3) is 0.480. The first kappa shape index (κ1) is 36.5. The molecule has 0 unspecified atom stereocenters. The number of carbonyl (C=O) groups is 2. The van der Waals surface area contributed by atoms with Gasteiger partial charge in [-0.05, 0) is 133 Å². The van der Waals surface area contributed by atoms with Gasteiger partial charge in [0.25, 0.3) is 0 Å². The highest BCUT2D eigenvalue weighted by molar-refractivity contribution is 5.73. The van der Waals surface area contributed by atoms with E-state index >= 15 is 0 Å². The highest BCUT2D eigenvalue weighted by atomic mass is 16.5. The summed E-state index contributed by atoms with van der Waals surface area (Å²) in [4.78, 5) is 30.7. The van der Waals surface area contributed by atoms with Crippen LogP contribution in [-0.4, -0.2) is 61.4 Å². The maximum absolute atomic E-state index is 13.8. The molecule has 2 aliphatic heterocycles. The highest BCUT2D eigenvalue weighted by Crippen LogP contribution is 2.70. The van der Waals surface area contributed by atoms with Gasteiger partial charge in [0, 0.05) is 30.0 Å². The molecule has 10 nitrogen and oxygen atoms in total. The van der Waals surface area contributed by atoms with Crippen LogP contribution in [0, 0.1) is 11.8 Å². The summed E-state index contributed by atoms with van der Waals surface area (Å²) in [6.07, 6.45) is 11.2. The van der Waals surface area contributed by atoms with Crippen molar-refractivity contribution < 1.29 is 19.1 Å². The van der Waals surface area contributed by atoms with E-state index in [0.717, 1.165) is 68.3 Å². The first-order valence-electron chi connectivity index (χ1n) is 22.3. The maximum atomic E-state index is 13.8. The topological polar surface area (TPSA) is 109 Å². The summed E-state index contributed by atoms with van der Waals surface area (Å²) in [5, 5.41) is 21.2. The van der Waals surface area contributed by atoms with Crippen LogP contribution < -0.4 is 0 Å². The van der Waals surface area contributed by atoms with Crippen molar-refractivity contribution in [1.82, 2.24) is 9.80 Å². The Hall–Kier alpha value is -5.38. The minimum atomic E-state index is -0.652. The molecule has 2 amide bonds. The summed E-state index contributed by atoms with van der Waals surface area (Å²) < 4.78 is 10.8. The van der Waals surface area contributed by atoms with Crippen LogP contribution in [0.4, 0.5) is 21.0 Å². The van der Waals surface area contributed by atoms with Crippen molar-refractivity contribution in [2.45, 2.75) is 111 Å². The molecule has 0 N–H and O–H groups in total. The summed E-state index contributed by atoms with van der Waals surface area (Å²) in [6.45, 7) is 1.22.